The van der Waals surface area contributed by atoms with Gasteiger partial charge in [-0.2, -0.15) is 0 Å². The molecule has 8 heteroatoms. The second-order valence-corrected chi connectivity index (χ2v) is 8.89. The number of H-pyrrole nitrogens is 1. The summed E-state index contributed by atoms with van der Waals surface area (Å²) < 4.78 is 27.3. The van der Waals surface area contributed by atoms with Crippen LogP contribution in [0.25, 0.3) is 21.7 Å². The van der Waals surface area contributed by atoms with Gasteiger partial charge in [0.25, 0.3) is 5.56 Å². The summed E-state index contributed by atoms with van der Waals surface area (Å²) in [6, 6.07) is 13.0. The van der Waals surface area contributed by atoms with Crippen molar-refractivity contribution in [3.05, 3.63) is 81.6 Å². The third kappa shape index (κ3) is 3.42. The van der Waals surface area contributed by atoms with E-state index in [9.17, 15) is 18.4 Å². The molecule has 3 aromatic carbocycles. The number of halogens is 2. The Bertz CT molecular complexity index is 1520. The second kappa shape index (κ2) is 7.92. The number of nitrogens with zero attached hydrogens (tertiary/aromatic N) is 2. The number of pyridine rings is 1. The Morgan fingerprint density at radius 1 is 1.00 bits per heavy atom. The summed E-state index contributed by atoms with van der Waals surface area (Å²) >= 11 is 0. The predicted molar refractivity (Wildman–Crippen MR) is 129 cm³/mol. The summed E-state index contributed by atoms with van der Waals surface area (Å²) in [4.78, 5) is 32.2. The van der Waals surface area contributed by atoms with Crippen molar-refractivity contribution >= 4 is 39.0 Å². The first-order valence-corrected chi connectivity index (χ1v) is 11.3. The molecule has 4 aromatic rings. The molecule has 0 saturated carbocycles. The van der Waals surface area contributed by atoms with Gasteiger partial charge in [0, 0.05) is 66.0 Å². The highest BCUT2D eigenvalue weighted by Gasteiger charge is 2.24. The lowest BCUT2D eigenvalue weighted by atomic mass is 10.1. The molecule has 0 spiro atoms. The number of carbonyl (C=O) groups excluding carboxylic acids is 1. The number of aromatic nitrogens is 1. The van der Waals surface area contributed by atoms with E-state index in [2.05, 4.69) is 10.3 Å². The molecule has 1 amide bonds. The van der Waals surface area contributed by atoms with Gasteiger partial charge < -0.3 is 15.2 Å². The Hall–Kier alpha value is -3.78. The average Bonchev–Trinajstić information content (AvgIpc) is 3.21. The van der Waals surface area contributed by atoms with Gasteiger partial charge in [0.15, 0.2) is 0 Å². The molecule has 2 aliphatic rings. The Labute approximate surface area is 193 Å². The monoisotopic (exact) mass is 460 g/mol. The zero-order valence-corrected chi connectivity index (χ0v) is 18.3. The number of aromatic amines is 1. The van der Waals surface area contributed by atoms with E-state index in [1.165, 1.54) is 12.1 Å². The fourth-order valence-corrected chi connectivity index (χ4v) is 5.23. The van der Waals surface area contributed by atoms with E-state index >= 15 is 0 Å². The van der Waals surface area contributed by atoms with Crippen LogP contribution in [-0.2, 0) is 11.2 Å². The number of carbonyl (C=O) groups is 1. The van der Waals surface area contributed by atoms with Crippen molar-refractivity contribution in [3.63, 3.8) is 0 Å². The van der Waals surface area contributed by atoms with E-state index in [1.54, 1.807) is 0 Å². The van der Waals surface area contributed by atoms with Crippen molar-refractivity contribution in [1.82, 2.24) is 9.88 Å². The number of anilines is 2. The fourth-order valence-electron chi connectivity index (χ4n) is 5.23. The molecule has 1 aliphatic heterocycles. The molecule has 1 aromatic heterocycles. The number of benzene rings is 3. The van der Waals surface area contributed by atoms with E-state index in [-0.39, 0.29) is 18.0 Å². The molecule has 6 nitrogen and oxygen atoms in total. The first-order chi connectivity index (χ1) is 16.5. The lowest BCUT2D eigenvalue weighted by molar-refractivity contribution is -0.117. The molecule has 1 aliphatic carbocycles. The van der Waals surface area contributed by atoms with Gasteiger partial charge in [0.05, 0.1) is 12.2 Å². The minimum Gasteiger partial charge on any atom is -0.367 e. The van der Waals surface area contributed by atoms with Crippen LogP contribution in [0.3, 0.4) is 0 Å². The Morgan fingerprint density at radius 2 is 1.82 bits per heavy atom. The smallest absolute Gasteiger partial charge is 0.256 e. The summed E-state index contributed by atoms with van der Waals surface area (Å²) in [5.41, 5.74) is 3.93. The van der Waals surface area contributed by atoms with Crippen LogP contribution in [0.5, 0.6) is 0 Å². The summed E-state index contributed by atoms with van der Waals surface area (Å²) in [5.74, 6) is -1.28. The molecule has 2 heterocycles. The normalized spacial score (nSPS) is 15.5. The summed E-state index contributed by atoms with van der Waals surface area (Å²) in [7, 11) is 0. The van der Waals surface area contributed by atoms with Crippen molar-refractivity contribution in [2.75, 3.05) is 42.9 Å². The van der Waals surface area contributed by atoms with Gasteiger partial charge >= 0.3 is 0 Å². The van der Waals surface area contributed by atoms with Crippen molar-refractivity contribution in [2.45, 2.75) is 6.42 Å². The van der Waals surface area contributed by atoms with Crippen LogP contribution < -0.4 is 15.8 Å². The maximum atomic E-state index is 14.1. The molecule has 0 bridgehead atoms. The first-order valence-electron chi connectivity index (χ1n) is 11.3. The molecule has 0 atom stereocenters. The highest BCUT2D eigenvalue weighted by molar-refractivity contribution is 6.14. The summed E-state index contributed by atoms with van der Waals surface area (Å²) in [5, 5.41) is 5.69. The maximum Gasteiger partial charge on any atom is 0.256 e. The van der Waals surface area contributed by atoms with Gasteiger partial charge in [-0.1, -0.05) is 12.1 Å². The molecular weight excluding hydrogens is 438 g/mol. The molecule has 1 fully saturated rings. The van der Waals surface area contributed by atoms with Crippen LogP contribution in [0.15, 0.2) is 53.3 Å². The van der Waals surface area contributed by atoms with Crippen LogP contribution >= 0.6 is 0 Å². The maximum absolute atomic E-state index is 14.1. The van der Waals surface area contributed by atoms with Crippen LogP contribution in [0.4, 0.5) is 20.2 Å². The minimum absolute atomic E-state index is 0.103. The number of hydrogen-bond donors (Lipinski definition) is 2. The molecule has 34 heavy (non-hydrogen) atoms. The van der Waals surface area contributed by atoms with Gasteiger partial charge in [-0.3, -0.25) is 14.5 Å². The largest absolute Gasteiger partial charge is 0.367 e. The van der Waals surface area contributed by atoms with Gasteiger partial charge in [0.2, 0.25) is 5.91 Å². The lowest BCUT2D eigenvalue weighted by Crippen LogP contribution is -2.49. The number of hydrogen-bond acceptors (Lipinski definition) is 4. The zero-order chi connectivity index (χ0) is 23.4. The highest BCUT2D eigenvalue weighted by Crippen LogP contribution is 2.39. The highest BCUT2D eigenvalue weighted by atomic mass is 19.1. The van der Waals surface area contributed by atoms with E-state index in [0.29, 0.717) is 43.7 Å². The van der Waals surface area contributed by atoms with Crippen LogP contribution in [0, 0.1) is 11.6 Å². The fraction of sp³-hybridized carbons (Fsp3) is 0.231. The standard InChI is InChI=1S/C26H22F2N4O2/c27-16-4-7-22(19(28)13-16)32-10-8-31(9-11-32)14-23(33)29-20-5-6-21-25-18(20)12-15-2-1-3-17(24(15)25)26(34)30-21/h1-7,13H,8-12,14H2,(H,29,33)(H,30,34). The van der Waals surface area contributed by atoms with Crippen LogP contribution in [0.2, 0.25) is 0 Å². The van der Waals surface area contributed by atoms with Crippen LogP contribution in [-0.4, -0.2) is 48.5 Å². The third-order valence-corrected chi connectivity index (χ3v) is 6.84. The SMILES string of the molecule is O=C(CN1CCN(c2ccc(F)cc2F)CC1)Nc1ccc2[nH]c(=O)c3cccc4c3c2c1C4. The van der Waals surface area contributed by atoms with E-state index in [0.717, 1.165) is 39.2 Å². The topological polar surface area (TPSA) is 68.4 Å². The molecule has 172 valence electrons. The molecule has 0 unspecified atom stereocenters. The number of nitrogens with one attached hydrogen (secondary N) is 2. The Kier molecular flexibility index (Phi) is 4.84. The number of piperazine rings is 1. The third-order valence-electron chi connectivity index (χ3n) is 6.84. The van der Waals surface area contributed by atoms with Crippen molar-refractivity contribution < 1.29 is 13.6 Å². The van der Waals surface area contributed by atoms with E-state index in [1.807, 2.05) is 40.1 Å². The van der Waals surface area contributed by atoms with Gasteiger partial charge in [0.1, 0.15) is 11.6 Å². The molecule has 0 radical (unpaired) electrons. The predicted octanol–water partition coefficient (Wildman–Crippen LogP) is 3.62. The second-order valence-electron chi connectivity index (χ2n) is 8.89. The van der Waals surface area contributed by atoms with E-state index < -0.39 is 11.6 Å². The summed E-state index contributed by atoms with van der Waals surface area (Å²) in [6.07, 6.45) is 0.666. The number of rotatable bonds is 4. The average molecular weight is 460 g/mol. The van der Waals surface area contributed by atoms with Gasteiger partial charge in [-0.25, -0.2) is 8.78 Å². The van der Waals surface area contributed by atoms with Gasteiger partial charge in [-0.05, 0) is 41.5 Å². The zero-order valence-electron chi connectivity index (χ0n) is 18.3. The van der Waals surface area contributed by atoms with Crippen molar-refractivity contribution in [3.8, 4) is 0 Å². The van der Waals surface area contributed by atoms with Crippen molar-refractivity contribution in [1.29, 1.82) is 0 Å². The Balaban J connectivity index is 1.16. The van der Waals surface area contributed by atoms with E-state index in [4.69, 9.17) is 0 Å². The summed E-state index contributed by atoms with van der Waals surface area (Å²) in [6.45, 7) is 2.53. The Morgan fingerprint density at radius 3 is 2.62 bits per heavy atom. The van der Waals surface area contributed by atoms with Crippen LogP contribution in [0.1, 0.15) is 11.1 Å². The first kappa shape index (κ1) is 20.8. The molecule has 6 rings (SSSR count). The van der Waals surface area contributed by atoms with Crippen molar-refractivity contribution in [2.24, 2.45) is 0 Å². The molecular formula is C26H22F2N4O2. The van der Waals surface area contributed by atoms with Gasteiger partial charge in [-0.15, -0.1) is 0 Å². The lowest BCUT2D eigenvalue weighted by Gasteiger charge is -2.35. The molecule has 1 saturated heterocycles. The molecule has 2 N–H and O–H groups in total. The number of amides is 1. The quantitative estimate of drug-likeness (QED) is 0.402. The minimum atomic E-state index is -0.594.